The standard InChI is InChI=1S/C17H23N3O2S.ClH/c1-13(10-22-11-14-5-3-2-4-6-14)9-19-17(21)15-12-23-16(20-15)7-8-18;/h2-6,12-13H,7-11,18H2,1H3,(H,19,21);1H. The van der Waals surface area contributed by atoms with Crippen molar-refractivity contribution < 1.29 is 9.53 Å². The molecule has 1 heterocycles. The van der Waals surface area contributed by atoms with Gasteiger partial charge in [0.05, 0.1) is 18.2 Å². The van der Waals surface area contributed by atoms with Gasteiger partial charge in [0.15, 0.2) is 0 Å². The number of hydrogen-bond donors (Lipinski definition) is 2. The minimum absolute atomic E-state index is 0. The van der Waals surface area contributed by atoms with Crippen molar-refractivity contribution in [1.29, 1.82) is 0 Å². The van der Waals surface area contributed by atoms with Gasteiger partial charge >= 0.3 is 0 Å². The van der Waals surface area contributed by atoms with E-state index in [1.54, 1.807) is 5.38 Å². The molecule has 5 nitrogen and oxygen atoms in total. The SMILES string of the molecule is CC(CNC(=O)c1csc(CCN)n1)COCc1ccccc1.Cl. The van der Waals surface area contributed by atoms with E-state index in [4.69, 9.17) is 10.5 Å². The number of hydrogen-bond acceptors (Lipinski definition) is 5. The summed E-state index contributed by atoms with van der Waals surface area (Å²) in [6.07, 6.45) is 0.710. The number of benzene rings is 1. The number of ether oxygens (including phenoxy) is 1. The summed E-state index contributed by atoms with van der Waals surface area (Å²) in [6.45, 7) is 4.35. The highest BCUT2D eigenvalue weighted by atomic mass is 35.5. The van der Waals surface area contributed by atoms with Crippen LogP contribution in [0.4, 0.5) is 0 Å². The van der Waals surface area contributed by atoms with Crippen LogP contribution in [0.2, 0.25) is 0 Å². The van der Waals surface area contributed by atoms with Crippen molar-refractivity contribution >= 4 is 29.7 Å². The number of carbonyl (C=O) groups is 1. The van der Waals surface area contributed by atoms with Gasteiger partial charge in [-0.05, 0) is 18.0 Å². The van der Waals surface area contributed by atoms with Crippen LogP contribution in [0.25, 0.3) is 0 Å². The lowest BCUT2D eigenvalue weighted by Gasteiger charge is -2.12. The molecule has 0 fully saturated rings. The zero-order chi connectivity index (χ0) is 16.5. The molecule has 1 aromatic carbocycles. The first kappa shape index (κ1) is 20.6. The van der Waals surface area contributed by atoms with Gasteiger partial charge in [0.2, 0.25) is 0 Å². The molecule has 0 aliphatic carbocycles. The van der Waals surface area contributed by atoms with E-state index in [2.05, 4.69) is 10.3 Å². The van der Waals surface area contributed by atoms with Gasteiger partial charge < -0.3 is 15.8 Å². The maximum absolute atomic E-state index is 12.0. The fraction of sp³-hybridized carbons (Fsp3) is 0.412. The van der Waals surface area contributed by atoms with E-state index in [1.165, 1.54) is 11.3 Å². The van der Waals surface area contributed by atoms with Gasteiger partial charge in [-0.25, -0.2) is 4.98 Å². The number of thiazole rings is 1. The van der Waals surface area contributed by atoms with E-state index >= 15 is 0 Å². The molecule has 1 atom stereocenters. The van der Waals surface area contributed by atoms with Crippen LogP contribution >= 0.6 is 23.7 Å². The lowest BCUT2D eigenvalue weighted by molar-refractivity contribution is 0.0841. The van der Waals surface area contributed by atoms with E-state index in [0.29, 0.717) is 38.4 Å². The fourth-order valence-electron chi connectivity index (χ4n) is 2.02. The Morgan fingerprint density at radius 1 is 1.38 bits per heavy atom. The van der Waals surface area contributed by atoms with Crippen LogP contribution in [0.15, 0.2) is 35.7 Å². The van der Waals surface area contributed by atoms with Crippen LogP contribution in [-0.4, -0.2) is 30.6 Å². The van der Waals surface area contributed by atoms with Crippen molar-refractivity contribution in [3.05, 3.63) is 52.0 Å². The zero-order valence-electron chi connectivity index (χ0n) is 13.7. The Morgan fingerprint density at radius 3 is 2.83 bits per heavy atom. The van der Waals surface area contributed by atoms with Crippen molar-refractivity contribution in [2.75, 3.05) is 19.7 Å². The summed E-state index contributed by atoms with van der Waals surface area (Å²) < 4.78 is 5.68. The third kappa shape index (κ3) is 6.97. The number of halogens is 1. The fourth-order valence-corrected chi connectivity index (χ4v) is 2.82. The highest BCUT2D eigenvalue weighted by Crippen LogP contribution is 2.10. The first-order valence-electron chi connectivity index (χ1n) is 7.73. The van der Waals surface area contributed by atoms with Crippen molar-refractivity contribution in [2.24, 2.45) is 11.7 Å². The van der Waals surface area contributed by atoms with Crippen LogP contribution in [0.5, 0.6) is 0 Å². The van der Waals surface area contributed by atoms with Crippen LogP contribution in [0.1, 0.15) is 28.0 Å². The highest BCUT2D eigenvalue weighted by Gasteiger charge is 2.11. The summed E-state index contributed by atoms with van der Waals surface area (Å²) in [5.74, 6) is 0.101. The van der Waals surface area contributed by atoms with Gasteiger partial charge in [-0.2, -0.15) is 0 Å². The van der Waals surface area contributed by atoms with Crippen LogP contribution < -0.4 is 11.1 Å². The van der Waals surface area contributed by atoms with Crippen LogP contribution in [0, 0.1) is 5.92 Å². The van der Waals surface area contributed by atoms with Gasteiger partial charge in [0, 0.05) is 18.3 Å². The number of nitrogens with one attached hydrogen (secondary N) is 1. The van der Waals surface area contributed by atoms with Crippen LogP contribution in [0.3, 0.4) is 0 Å². The Kier molecular flexibility index (Phi) is 9.56. The Morgan fingerprint density at radius 2 is 2.12 bits per heavy atom. The van der Waals surface area contributed by atoms with Gasteiger partial charge in [-0.3, -0.25) is 4.79 Å². The monoisotopic (exact) mass is 369 g/mol. The molecule has 0 saturated carbocycles. The lowest BCUT2D eigenvalue weighted by atomic mass is 10.2. The van der Waals surface area contributed by atoms with Crippen molar-refractivity contribution in [3.63, 3.8) is 0 Å². The minimum Gasteiger partial charge on any atom is -0.376 e. The summed E-state index contributed by atoms with van der Waals surface area (Å²) in [4.78, 5) is 16.3. The summed E-state index contributed by atoms with van der Waals surface area (Å²) in [5, 5.41) is 5.57. The van der Waals surface area contributed by atoms with Gasteiger partial charge in [-0.1, -0.05) is 37.3 Å². The van der Waals surface area contributed by atoms with E-state index in [0.717, 1.165) is 10.6 Å². The maximum Gasteiger partial charge on any atom is 0.270 e. The average Bonchev–Trinajstić information content (AvgIpc) is 3.03. The molecule has 24 heavy (non-hydrogen) atoms. The van der Waals surface area contributed by atoms with Gasteiger partial charge in [-0.15, -0.1) is 23.7 Å². The molecule has 132 valence electrons. The number of amides is 1. The lowest BCUT2D eigenvalue weighted by Crippen LogP contribution is -2.30. The van der Waals surface area contributed by atoms with E-state index in [-0.39, 0.29) is 24.2 Å². The van der Waals surface area contributed by atoms with E-state index in [9.17, 15) is 4.79 Å². The molecule has 0 saturated heterocycles. The number of nitrogens with two attached hydrogens (primary N) is 1. The topological polar surface area (TPSA) is 77.2 Å². The van der Waals surface area contributed by atoms with Crippen molar-refractivity contribution in [3.8, 4) is 0 Å². The second-order valence-corrected chi connectivity index (χ2v) is 6.42. The quantitative estimate of drug-likeness (QED) is 0.712. The molecule has 1 unspecified atom stereocenters. The molecule has 2 aromatic rings. The van der Waals surface area contributed by atoms with E-state index in [1.807, 2.05) is 37.3 Å². The summed E-state index contributed by atoms with van der Waals surface area (Å²) in [7, 11) is 0. The molecule has 0 aliphatic heterocycles. The Hall–Kier alpha value is -1.47. The third-order valence-electron chi connectivity index (χ3n) is 3.27. The average molecular weight is 370 g/mol. The molecular formula is C17H24ClN3O2S. The number of rotatable bonds is 9. The second-order valence-electron chi connectivity index (χ2n) is 5.48. The molecule has 0 aliphatic rings. The first-order chi connectivity index (χ1) is 11.2. The summed E-state index contributed by atoms with van der Waals surface area (Å²) in [6, 6.07) is 10.0. The largest absolute Gasteiger partial charge is 0.376 e. The molecule has 0 bridgehead atoms. The Balaban J connectivity index is 0.00000288. The van der Waals surface area contributed by atoms with Crippen molar-refractivity contribution in [2.45, 2.75) is 20.0 Å². The zero-order valence-corrected chi connectivity index (χ0v) is 15.4. The highest BCUT2D eigenvalue weighted by molar-refractivity contribution is 7.09. The normalized spacial score (nSPS) is 11.6. The molecular weight excluding hydrogens is 346 g/mol. The van der Waals surface area contributed by atoms with E-state index < -0.39 is 0 Å². The number of carbonyl (C=O) groups excluding carboxylic acids is 1. The summed E-state index contributed by atoms with van der Waals surface area (Å²) in [5.41, 5.74) is 7.10. The van der Waals surface area contributed by atoms with Gasteiger partial charge in [0.1, 0.15) is 5.69 Å². The Labute approximate surface area is 153 Å². The molecule has 0 radical (unpaired) electrons. The minimum atomic E-state index is -0.139. The van der Waals surface area contributed by atoms with Crippen LogP contribution in [-0.2, 0) is 17.8 Å². The molecule has 1 aromatic heterocycles. The molecule has 2 rings (SSSR count). The van der Waals surface area contributed by atoms with Gasteiger partial charge in [0.25, 0.3) is 5.91 Å². The molecule has 0 spiro atoms. The predicted molar refractivity (Wildman–Crippen MR) is 99.7 cm³/mol. The Bertz CT molecular complexity index is 607. The second kappa shape index (κ2) is 11.1. The number of aromatic nitrogens is 1. The van der Waals surface area contributed by atoms with Crippen molar-refractivity contribution in [1.82, 2.24) is 10.3 Å². The maximum atomic E-state index is 12.0. The molecule has 7 heteroatoms. The predicted octanol–water partition coefficient (Wildman–Crippen LogP) is 2.65. The summed E-state index contributed by atoms with van der Waals surface area (Å²) >= 11 is 1.47. The number of nitrogens with zero attached hydrogens (tertiary/aromatic N) is 1. The first-order valence-corrected chi connectivity index (χ1v) is 8.61. The smallest absolute Gasteiger partial charge is 0.270 e. The molecule has 3 N–H and O–H groups in total. The third-order valence-corrected chi connectivity index (χ3v) is 4.18. The molecule has 1 amide bonds.